The van der Waals surface area contributed by atoms with Gasteiger partial charge in [0.2, 0.25) is 0 Å². The minimum Gasteiger partial charge on any atom is -0.494 e. The minimum absolute atomic E-state index is 0.373. The standard InChI is InChI=1S/C18H22O2/c1-2-18(19)16-10-12-17(13-11-16)20-14-6-9-15-7-4-3-5-8-15/h3-5,7-8,10-13,18-19H,2,6,9,14H2,1H3/t18-/m0/s1. The molecule has 0 heterocycles. The zero-order valence-electron chi connectivity index (χ0n) is 12.0. The van der Waals surface area contributed by atoms with Crippen LogP contribution in [0.3, 0.4) is 0 Å². The molecule has 1 N–H and O–H groups in total. The number of hydrogen-bond acceptors (Lipinski definition) is 2. The molecule has 106 valence electrons. The van der Waals surface area contributed by atoms with E-state index >= 15 is 0 Å². The summed E-state index contributed by atoms with van der Waals surface area (Å²) in [6, 6.07) is 18.2. The first kappa shape index (κ1) is 14.6. The molecule has 2 aromatic rings. The smallest absolute Gasteiger partial charge is 0.119 e. The number of aliphatic hydroxyl groups is 1. The molecule has 0 radical (unpaired) electrons. The number of aliphatic hydroxyl groups excluding tert-OH is 1. The lowest BCUT2D eigenvalue weighted by Gasteiger charge is -2.10. The van der Waals surface area contributed by atoms with Crippen LogP contribution >= 0.6 is 0 Å². The molecule has 20 heavy (non-hydrogen) atoms. The molecule has 0 aliphatic rings. The number of aryl methyl sites for hydroxylation is 1. The SMILES string of the molecule is CC[C@H](O)c1ccc(OCCCc2ccccc2)cc1. The lowest BCUT2D eigenvalue weighted by atomic mass is 10.1. The number of rotatable bonds is 7. The Labute approximate surface area is 121 Å². The van der Waals surface area contributed by atoms with Crippen LogP contribution in [0.2, 0.25) is 0 Å². The van der Waals surface area contributed by atoms with Crippen LogP contribution in [0.4, 0.5) is 0 Å². The maximum absolute atomic E-state index is 9.72. The molecule has 0 aliphatic heterocycles. The Balaban J connectivity index is 1.74. The van der Waals surface area contributed by atoms with E-state index in [0.717, 1.165) is 30.6 Å². The van der Waals surface area contributed by atoms with Gasteiger partial charge < -0.3 is 9.84 Å². The van der Waals surface area contributed by atoms with Gasteiger partial charge in [0.15, 0.2) is 0 Å². The zero-order chi connectivity index (χ0) is 14.2. The van der Waals surface area contributed by atoms with E-state index in [4.69, 9.17) is 4.74 Å². The average molecular weight is 270 g/mol. The summed E-state index contributed by atoms with van der Waals surface area (Å²) in [5, 5.41) is 9.72. The van der Waals surface area contributed by atoms with Gasteiger partial charge in [0.1, 0.15) is 5.75 Å². The third-order valence-corrected chi connectivity index (χ3v) is 3.37. The Bertz CT molecular complexity index is 491. The molecule has 0 bridgehead atoms. The van der Waals surface area contributed by atoms with E-state index in [2.05, 4.69) is 24.3 Å². The molecule has 0 aliphatic carbocycles. The summed E-state index contributed by atoms with van der Waals surface area (Å²) in [6.45, 7) is 2.68. The second-order valence-corrected chi connectivity index (χ2v) is 4.93. The van der Waals surface area contributed by atoms with Crippen molar-refractivity contribution in [3.8, 4) is 5.75 Å². The van der Waals surface area contributed by atoms with Crippen molar-refractivity contribution in [3.63, 3.8) is 0 Å². The highest BCUT2D eigenvalue weighted by Crippen LogP contribution is 2.20. The van der Waals surface area contributed by atoms with Crippen LogP contribution in [0.5, 0.6) is 5.75 Å². The van der Waals surface area contributed by atoms with E-state index in [9.17, 15) is 5.11 Å². The van der Waals surface area contributed by atoms with Gasteiger partial charge in [-0.3, -0.25) is 0 Å². The van der Waals surface area contributed by atoms with Gasteiger partial charge in [-0.15, -0.1) is 0 Å². The first-order valence-corrected chi connectivity index (χ1v) is 7.24. The molecule has 0 amide bonds. The molecule has 2 aromatic carbocycles. The van der Waals surface area contributed by atoms with Gasteiger partial charge in [-0.25, -0.2) is 0 Å². The van der Waals surface area contributed by atoms with Gasteiger partial charge >= 0.3 is 0 Å². The van der Waals surface area contributed by atoms with E-state index in [1.165, 1.54) is 5.56 Å². The Kier molecular flexibility index (Phi) is 5.63. The van der Waals surface area contributed by atoms with Crippen LogP contribution in [-0.4, -0.2) is 11.7 Å². The van der Waals surface area contributed by atoms with Crippen molar-refractivity contribution in [3.05, 3.63) is 65.7 Å². The van der Waals surface area contributed by atoms with Gasteiger partial charge in [0, 0.05) is 0 Å². The molecule has 0 saturated carbocycles. The second-order valence-electron chi connectivity index (χ2n) is 4.93. The van der Waals surface area contributed by atoms with Crippen molar-refractivity contribution < 1.29 is 9.84 Å². The lowest BCUT2D eigenvalue weighted by Crippen LogP contribution is -2.00. The first-order valence-electron chi connectivity index (χ1n) is 7.24. The maximum Gasteiger partial charge on any atom is 0.119 e. The Hall–Kier alpha value is -1.80. The van der Waals surface area contributed by atoms with Gasteiger partial charge in [-0.2, -0.15) is 0 Å². The molecular weight excluding hydrogens is 248 g/mol. The van der Waals surface area contributed by atoms with Crippen molar-refractivity contribution in [1.29, 1.82) is 0 Å². The molecule has 2 heteroatoms. The summed E-state index contributed by atoms with van der Waals surface area (Å²) in [4.78, 5) is 0. The molecule has 0 spiro atoms. The fourth-order valence-corrected chi connectivity index (χ4v) is 2.13. The van der Waals surface area contributed by atoms with Gasteiger partial charge in [-0.05, 0) is 42.5 Å². The zero-order valence-corrected chi connectivity index (χ0v) is 12.0. The van der Waals surface area contributed by atoms with Crippen molar-refractivity contribution in [1.82, 2.24) is 0 Å². The second kappa shape index (κ2) is 7.71. The molecule has 0 saturated heterocycles. The predicted octanol–water partition coefficient (Wildman–Crippen LogP) is 4.14. The normalized spacial score (nSPS) is 12.1. The van der Waals surface area contributed by atoms with E-state index in [-0.39, 0.29) is 6.10 Å². The van der Waals surface area contributed by atoms with Crippen LogP contribution in [0.1, 0.15) is 37.0 Å². The number of hydrogen-bond donors (Lipinski definition) is 1. The van der Waals surface area contributed by atoms with E-state index in [1.54, 1.807) is 0 Å². The van der Waals surface area contributed by atoms with Crippen LogP contribution in [-0.2, 0) is 6.42 Å². The van der Waals surface area contributed by atoms with Crippen molar-refractivity contribution >= 4 is 0 Å². The van der Waals surface area contributed by atoms with Crippen molar-refractivity contribution in [2.75, 3.05) is 6.61 Å². The van der Waals surface area contributed by atoms with E-state index in [0.29, 0.717) is 6.61 Å². The summed E-state index contributed by atoms with van der Waals surface area (Å²) in [7, 11) is 0. The topological polar surface area (TPSA) is 29.5 Å². The number of benzene rings is 2. The van der Waals surface area contributed by atoms with Crippen LogP contribution in [0, 0.1) is 0 Å². The molecule has 1 atom stereocenters. The molecule has 0 unspecified atom stereocenters. The Morgan fingerprint density at radius 2 is 1.70 bits per heavy atom. The minimum atomic E-state index is -0.373. The number of ether oxygens (including phenoxy) is 1. The quantitative estimate of drug-likeness (QED) is 0.766. The highest BCUT2D eigenvalue weighted by atomic mass is 16.5. The van der Waals surface area contributed by atoms with Gasteiger partial charge in [0.25, 0.3) is 0 Å². The van der Waals surface area contributed by atoms with E-state index < -0.39 is 0 Å². The molecule has 0 aromatic heterocycles. The van der Waals surface area contributed by atoms with Crippen molar-refractivity contribution in [2.45, 2.75) is 32.3 Å². The fourth-order valence-electron chi connectivity index (χ4n) is 2.13. The summed E-state index contributed by atoms with van der Waals surface area (Å²) in [6.07, 6.45) is 2.40. The first-order chi connectivity index (χ1) is 9.79. The fraction of sp³-hybridized carbons (Fsp3) is 0.333. The lowest BCUT2D eigenvalue weighted by molar-refractivity contribution is 0.173. The van der Waals surface area contributed by atoms with E-state index in [1.807, 2.05) is 37.3 Å². The summed E-state index contributed by atoms with van der Waals surface area (Å²) >= 11 is 0. The summed E-state index contributed by atoms with van der Waals surface area (Å²) in [5.41, 5.74) is 2.29. The molecular formula is C18H22O2. The predicted molar refractivity (Wildman–Crippen MR) is 82.0 cm³/mol. The van der Waals surface area contributed by atoms with Gasteiger partial charge in [0.05, 0.1) is 12.7 Å². The Morgan fingerprint density at radius 1 is 1.00 bits per heavy atom. The Morgan fingerprint density at radius 3 is 2.35 bits per heavy atom. The largest absolute Gasteiger partial charge is 0.494 e. The van der Waals surface area contributed by atoms with Crippen LogP contribution in [0.25, 0.3) is 0 Å². The van der Waals surface area contributed by atoms with Gasteiger partial charge in [-0.1, -0.05) is 49.4 Å². The monoisotopic (exact) mass is 270 g/mol. The molecule has 2 nitrogen and oxygen atoms in total. The third-order valence-electron chi connectivity index (χ3n) is 3.37. The summed E-state index contributed by atoms with van der Waals surface area (Å²) < 4.78 is 5.71. The maximum atomic E-state index is 9.72. The third kappa shape index (κ3) is 4.39. The average Bonchev–Trinajstić information content (AvgIpc) is 2.52. The van der Waals surface area contributed by atoms with Crippen molar-refractivity contribution in [2.24, 2.45) is 0 Å². The molecule has 2 rings (SSSR count). The van der Waals surface area contributed by atoms with Crippen LogP contribution in [0.15, 0.2) is 54.6 Å². The highest BCUT2D eigenvalue weighted by Gasteiger charge is 2.04. The highest BCUT2D eigenvalue weighted by molar-refractivity contribution is 5.28. The van der Waals surface area contributed by atoms with Crippen LogP contribution < -0.4 is 4.74 Å². The molecule has 0 fully saturated rings. The summed E-state index contributed by atoms with van der Waals surface area (Å²) in [5.74, 6) is 0.866.